The summed E-state index contributed by atoms with van der Waals surface area (Å²) in [5.74, 6) is 1.81. The zero-order valence-corrected chi connectivity index (χ0v) is 13.8. The van der Waals surface area contributed by atoms with E-state index in [4.69, 9.17) is 4.74 Å². The highest BCUT2D eigenvalue weighted by Crippen LogP contribution is 2.19. The van der Waals surface area contributed by atoms with Gasteiger partial charge in [-0.3, -0.25) is 4.79 Å². The van der Waals surface area contributed by atoms with Crippen molar-refractivity contribution in [3.05, 3.63) is 48.7 Å². The van der Waals surface area contributed by atoms with Gasteiger partial charge in [0.25, 0.3) is 0 Å². The third kappa shape index (κ3) is 4.72. The average molecular weight is 325 g/mol. The highest BCUT2D eigenvalue weighted by atomic mass is 16.5. The Hall–Kier alpha value is -2.56. The molecular weight excluding hydrogens is 302 g/mol. The van der Waals surface area contributed by atoms with Crippen LogP contribution in [0.4, 0.5) is 11.5 Å². The van der Waals surface area contributed by atoms with Gasteiger partial charge in [-0.15, -0.1) is 0 Å². The first-order valence-corrected chi connectivity index (χ1v) is 8.50. The van der Waals surface area contributed by atoms with Crippen molar-refractivity contribution in [3.63, 3.8) is 0 Å². The Morgan fingerprint density at radius 1 is 1.12 bits per heavy atom. The van der Waals surface area contributed by atoms with Gasteiger partial charge in [0.05, 0.1) is 18.5 Å². The number of pyridine rings is 1. The molecule has 2 heterocycles. The highest BCUT2D eigenvalue weighted by molar-refractivity contribution is 5.90. The largest absolute Gasteiger partial charge is 0.494 e. The van der Waals surface area contributed by atoms with E-state index in [1.54, 1.807) is 6.20 Å². The van der Waals surface area contributed by atoms with Crippen molar-refractivity contribution in [1.29, 1.82) is 0 Å². The molecule has 0 bridgehead atoms. The Balaban J connectivity index is 1.38. The first-order chi connectivity index (χ1) is 11.8. The normalized spacial score (nSPS) is 13.8. The smallest absolute Gasteiger partial charge is 0.224 e. The van der Waals surface area contributed by atoms with Crippen LogP contribution in [0.25, 0.3) is 0 Å². The van der Waals surface area contributed by atoms with E-state index in [1.807, 2.05) is 42.5 Å². The number of hydrogen-bond acceptors (Lipinski definition) is 4. The first kappa shape index (κ1) is 16.3. The minimum atomic E-state index is -0.0117. The molecule has 1 saturated heterocycles. The van der Waals surface area contributed by atoms with E-state index in [-0.39, 0.29) is 5.91 Å². The standard InChI is InChI=1S/C19H23N3O2/c23-19(9-6-14-24-17-7-2-1-3-8-17)21-16-10-11-18(20-15-16)22-12-4-5-13-22/h1-3,7-8,10-11,15H,4-6,9,12-14H2,(H,21,23). The van der Waals surface area contributed by atoms with Crippen molar-refractivity contribution in [2.24, 2.45) is 0 Å². The van der Waals surface area contributed by atoms with Gasteiger partial charge in [-0.1, -0.05) is 18.2 Å². The van der Waals surface area contributed by atoms with Crippen LogP contribution >= 0.6 is 0 Å². The number of nitrogens with one attached hydrogen (secondary N) is 1. The van der Waals surface area contributed by atoms with Crippen LogP contribution in [0, 0.1) is 0 Å². The Labute approximate surface area is 142 Å². The summed E-state index contributed by atoms with van der Waals surface area (Å²) in [7, 11) is 0. The molecule has 0 spiro atoms. The zero-order chi connectivity index (χ0) is 16.6. The molecule has 1 aliphatic rings. The van der Waals surface area contributed by atoms with E-state index in [0.717, 1.165) is 30.3 Å². The first-order valence-electron chi connectivity index (χ1n) is 8.50. The molecule has 1 amide bonds. The lowest BCUT2D eigenvalue weighted by molar-refractivity contribution is -0.116. The lowest BCUT2D eigenvalue weighted by atomic mass is 10.3. The van der Waals surface area contributed by atoms with E-state index >= 15 is 0 Å². The SMILES string of the molecule is O=C(CCCOc1ccccc1)Nc1ccc(N2CCCC2)nc1. The molecule has 0 saturated carbocycles. The Bertz CT molecular complexity index is 637. The maximum Gasteiger partial charge on any atom is 0.224 e. The molecule has 1 fully saturated rings. The number of aromatic nitrogens is 1. The highest BCUT2D eigenvalue weighted by Gasteiger charge is 2.13. The number of carbonyl (C=O) groups excluding carboxylic acids is 1. The van der Waals surface area contributed by atoms with Crippen molar-refractivity contribution in [2.45, 2.75) is 25.7 Å². The zero-order valence-electron chi connectivity index (χ0n) is 13.8. The molecule has 1 aromatic heterocycles. The number of nitrogens with zero attached hydrogens (tertiary/aromatic N) is 2. The third-order valence-electron chi connectivity index (χ3n) is 4.02. The molecule has 1 aromatic carbocycles. The fraction of sp³-hybridized carbons (Fsp3) is 0.368. The molecule has 0 radical (unpaired) electrons. The van der Waals surface area contributed by atoms with E-state index < -0.39 is 0 Å². The molecule has 0 atom stereocenters. The summed E-state index contributed by atoms with van der Waals surface area (Å²) in [5.41, 5.74) is 0.743. The number of carbonyl (C=O) groups is 1. The van der Waals surface area contributed by atoms with E-state index in [0.29, 0.717) is 19.4 Å². The summed E-state index contributed by atoms with van der Waals surface area (Å²) in [6, 6.07) is 13.5. The van der Waals surface area contributed by atoms with Crippen molar-refractivity contribution in [2.75, 3.05) is 29.9 Å². The number of para-hydroxylation sites is 1. The molecule has 1 aliphatic heterocycles. The molecule has 24 heavy (non-hydrogen) atoms. The van der Waals surface area contributed by atoms with E-state index in [2.05, 4.69) is 15.2 Å². The number of benzene rings is 1. The van der Waals surface area contributed by atoms with Crippen LogP contribution in [0.3, 0.4) is 0 Å². The Morgan fingerprint density at radius 3 is 2.62 bits per heavy atom. The van der Waals surface area contributed by atoms with Gasteiger partial charge in [-0.25, -0.2) is 4.98 Å². The number of ether oxygens (including phenoxy) is 1. The third-order valence-corrected chi connectivity index (χ3v) is 4.02. The number of hydrogen-bond donors (Lipinski definition) is 1. The van der Waals surface area contributed by atoms with Crippen molar-refractivity contribution in [3.8, 4) is 5.75 Å². The Morgan fingerprint density at radius 2 is 1.92 bits per heavy atom. The van der Waals surface area contributed by atoms with Gasteiger partial charge in [-0.2, -0.15) is 0 Å². The maximum absolute atomic E-state index is 12.0. The van der Waals surface area contributed by atoms with Gasteiger partial charge in [-0.05, 0) is 43.5 Å². The van der Waals surface area contributed by atoms with Gasteiger partial charge in [0.1, 0.15) is 11.6 Å². The van der Waals surface area contributed by atoms with E-state index in [1.165, 1.54) is 12.8 Å². The summed E-state index contributed by atoms with van der Waals surface area (Å²) in [6.45, 7) is 2.67. The lowest BCUT2D eigenvalue weighted by Gasteiger charge is -2.16. The molecule has 5 heteroatoms. The number of amides is 1. The lowest BCUT2D eigenvalue weighted by Crippen LogP contribution is -2.19. The molecule has 126 valence electrons. The fourth-order valence-electron chi connectivity index (χ4n) is 2.76. The molecule has 1 N–H and O–H groups in total. The van der Waals surface area contributed by atoms with Gasteiger partial charge in [0.15, 0.2) is 0 Å². The van der Waals surface area contributed by atoms with Gasteiger partial charge < -0.3 is 15.0 Å². The van der Waals surface area contributed by atoms with Crippen LogP contribution in [0.15, 0.2) is 48.7 Å². The second-order valence-electron chi connectivity index (χ2n) is 5.91. The average Bonchev–Trinajstić information content (AvgIpc) is 3.15. The van der Waals surface area contributed by atoms with Crippen molar-refractivity contribution < 1.29 is 9.53 Å². The van der Waals surface area contributed by atoms with Crippen molar-refractivity contribution >= 4 is 17.4 Å². The van der Waals surface area contributed by atoms with Crippen molar-refractivity contribution in [1.82, 2.24) is 4.98 Å². The van der Waals surface area contributed by atoms with E-state index in [9.17, 15) is 4.79 Å². The summed E-state index contributed by atoms with van der Waals surface area (Å²) in [5, 5.41) is 2.88. The van der Waals surface area contributed by atoms with Crippen LogP contribution in [0.1, 0.15) is 25.7 Å². The van der Waals surface area contributed by atoms with Gasteiger partial charge in [0.2, 0.25) is 5.91 Å². The number of anilines is 2. The predicted molar refractivity (Wildman–Crippen MR) is 95.5 cm³/mol. The van der Waals surface area contributed by atoms with Crippen LogP contribution in [-0.4, -0.2) is 30.6 Å². The minimum absolute atomic E-state index is 0.0117. The van der Waals surface area contributed by atoms with Crippen LogP contribution in [0.5, 0.6) is 5.75 Å². The quantitative estimate of drug-likeness (QED) is 0.792. The molecular formula is C19H23N3O2. The molecule has 0 unspecified atom stereocenters. The maximum atomic E-state index is 12.0. The van der Waals surface area contributed by atoms with Crippen LogP contribution in [-0.2, 0) is 4.79 Å². The second-order valence-corrected chi connectivity index (χ2v) is 5.91. The topological polar surface area (TPSA) is 54.5 Å². The van der Waals surface area contributed by atoms with Crippen LogP contribution < -0.4 is 15.0 Å². The summed E-state index contributed by atoms with van der Waals surface area (Å²) in [4.78, 5) is 18.7. The molecule has 0 aliphatic carbocycles. The molecule has 2 aromatic rings. The predicted octanol–water partition coefficient (Wildman–Crippen LogP) is 3.48. The second kappa shape index (κ2) is 8.34. The fourth-order valence-corrected chi connectivity index (χ4v) is 2.76. The Kier molecular flexibility index (Phi) is 5.66. The summed E-state index contributed by atoms with van der Waals surface area (Å²) >= 11 is 0. The van der Waals surface area contributed by atoms with Gasteiger partial charge in [0, 0.05) is 19.5 Å². The number of rotatable bonds is 7. The summed E-state index contributed by atoms with van der Waals surface area (Å²) in [6.07, 6.45) is 5.29. The van der Waals surface area contributed by atoms with Gasteiger partial charge >= 0.3 is 0 Å². The van der Waals surface area contributed by atoms with Crippen LogP contribution in [0.2, 0.25) is 0 Å². The minimum Gasteiger partial charge on any atom is -0.494 e. The summed E-state index contributed by atoms with van der Waals surface area (Å²) < 4.78 is 5.58. The molecule has 3 rings (SSSR count). The monoisotopic (exact) mass is 325 g/mol. The molecule has 5 nitrogen and oxygen atoms in total.